The lowest BCUT2D eigenvalue weighted by Gasteiger charge is -2.12. The molecule has 1 aromatic carbocycles. The molecular formula is C18H21FN2O2. The van der Waals surface area contributed by atoms with Gasteiger partial charge in [0.15, 0.2) is 0 Å². The van der Waals surface area contributed by atoms with E-state index in [1.54, 1.807) is 12.1 Å². The van der Waals surface area contributed by atoms with E-state index in [9.17, 15) is 9.18 Å². The van der Waals surface area contributed by atoms with Crippen molar-refractivity contribution in [1.82, 2.24) is 9.88 Å². The Kier molecular flexibility index (Phi) is 4.48. The molecule has 122 valence electrons. The number of hydrogen-bond donors (Lipinski definition) is 1. The van der Waals surface area contributed by atoms with Crippen molar-refractivity contribution < 1.29 is 13.9 Å². The minimum Gasteiger partial charge on any atom is -0.376 e. The predicted molar refractivity (Wildman–Crippen MR) is 86.5 cm³/mol. The number of halogens is 1. The first-order valence-electron chi connectivity index (χ1n) is 7.91. The molecule has 0 bridgehead atoms. The van der Waals surface area contributed by atoms with Crippen LogP contribution in [0.1, 0.15) is 34.6 Å². The molecule has 1 unspecified atom stereocenters. The first kappa shape index (κ1) is 15.7. The third-order valence-corrected chi connectivity index (χ3v) is 4.27. The number of benzene rings is 1. The summed E-state index contributed by atoms with van der Waals surface area (Å²) in [7, 11) is 0. The van der Waals surface area contributed by atoms with Crippen molar-refractivity contribution in [1.29, 1.82) is 0 Å². The van der Waals surface area contributed by atoms with Crippen molar-refractivity contribution >= 4 is 5.91 Å². The van der Waals surface area contributed by atoms with Crippen LogP contribution < -0.4 is 5.32 Å². The SMILES string of the molecule is Cc1cc(C(=O)NCC2CCCO2)c(C)n1-c1ccc(F)cc1. The van der Waals surface area contributed by atoms with Crippen LogP contribution in [0.25, 0.3) is 5.69 Å². The number of rotatable bonds is 4. The molecule has 1 aliphatic rings. The van der Waals surface area contributed by atoms with Crippen LogP contribution in [0.5, 0.6) is 0 Å². The van der Waals surface area contributed by atoms with Crippen LogP contribution in [0.15, 0.2) is 30.3 Å². The Morgan fingerprint density at radius 1 is 1.35 bits per heavy atom. The van der Waals surface area contributed by atoms with Crippen LogP contribution in [0.2, 0.25) is 0 Å². The average Bonchev–Trinajstić information content (AvgIpc) is 3.14. The Hall–Kier alpha value is -2.14. The number of nitrogens with zero attached hydrogens (tertiary/aromatic N) is 1. The molecule has 1 aromatic heterocycles. The van der Waals surface area contributed by atoms with Gasteiger partial charge in [-0.25, -0.2) is 4.39 Å². The number of ether oxygens (including phenoxy) is 1. The Bertz CT molecular complexity index is 701. The standard InChI is InChI=1S/C18H21FN2O2/c1-12-10-17(18(22)20-11-16-4-3-9-23-16)13(2)21(12)15-7-5-14(19)6-8-15/h5-8,10,16H,3-4,9,11H2,1-2H3,(H,20,22). The molecule has 0 spiro atoms. The first-order chi connectivity index (χ1) is 11.1. The second-order valence-corrected chi connectivity index (χ2v) is 5.94. The fraction of sp³-hybridized carbons (Fsp3) is 0.389. The maximum absolute atomic E-state index is 13.1. The first-order valence-corrected chi connectivity index (χ1v) is 7.91. The molecule has 1 saturated heterocycles. The van der Waals surface area contributed by atoms with Crippen LogP contribution in [-0.2, 0) is 4.74 Å². The van der Waals surface area contributed by atoms with Gasteiger partial charge in [0.05, 0.1) is 11.7 Å². The summed E-state index contributed by atoms with van der Waals surface area (Å²) in [6.45, 7) is 5.16. The van der Waals surface area contributed by atoms with Gasteiger partial charge in [-0.3, -0.25) is 4.79 Å². The number of aryl methyl sites for hydroxylation is 1. The molecule has 1 fully saturated rings. The number of amides is 1. The normalized spacial score (nSPS) is 17.4. The lowest BCUT2D eigenvalue weighted by Crippen LogP contribution is -2.32. The monoisotopic (exact) mass is 316 g/mol. The Morgan fingerprint density at radius 2 is 2.09 bits per heavy atom. The molecule has 4 nitrogen and oxygen atoms in total. The van der Waals surface area contributed by atoms with Gasteiger partial charge in [-0.15, -0.1) is 0 Å². The zero-order valence-corrected chi connectivity index (χ0v) is 13.4. The molecule has 1 N–H and O–H groups in total. The summed E-state index contributed by atoms with van der Waals surface area (Å²) >= 11 is 0. The molecular weight excluding hydrogens is 295 g/mol. The zero-order valence-electron chi connectivity index (χ0n) is 13.4. The highest BCUT2D eigenvalue weighted by Gasteiger charge is 2.20. The second-order valence-electron chi connectivity index (χ2n) is 5.94. The third-order valence-electron chi connectivity index (χ3n) is 4.27. The molecule has 23 heavy (non-hydrogen) atoms. The molecule has 2 aromatic rings. The maximum atomic E-state index is 13.1. The van der Waals surface area contributed by atoms with Crippen LogP contribution in [0, 0.1) is 19.7 Å². The molecule has 5 heteroatoms. The lowest BCUT2D eigenvalue weighted by molar-refractivity contribution is 0.0857. The number of aromatic nitrogens is 1. The highest BCUT2D eigenvalue weighted by atomic mass is 19.1. The van der Waals surface area contributed by atoms with Crippen molar-refractivity contribution in [3.8, 4) is 5.69 Å². The van der Waals surface area contributed by atoms with E-state index in [1.165, 1.54) is 12.1 Å². The number of nitrogens with one attached hydrogen (secondary N) is 1. The predicted octanol–water partition coefficient (Wildman–Crippen LogP) is 3.14. The summed E-state index contributed by atoms with van der Waals surface area (Å²) in [5.41, 5.74) is 3.28. The Morgan fingerprint density at radius 3 is 2.74 bits per heavy atom. The van der Waals surface area contributed by atoms with E-state index < -0.39 is 0 Å². The van der Waals surface area contributed by atoms with Crippen molar-refractivity contribution in [3.63, 3.8) is 0 Å². The maximum Gasteiger partial charge on any atom is 0.253 e. The van der Waals surface area contributed by atoms with Crippen molar-refractivity contribution in [3.05, 3.63) is 53.1 Å². The molecule has 0 aliphatic carbocycles. The highest BCUT2D eigenvalue weighted by molar-refractivity contribution is 5.95. The van der Waals surface area contributed by atoms with Gasteiger partial charge in [-0.1, -0.05) is 0 Å². The molecule has 2 heterocycles. The highest BCUT2D eigenvalue weighted by Crippen LogP contribution is 2.21. The second kappa shape index (κ2) is 6.54. The van der Waals surface area contributed by atoms with Gasteiger partial charge >= 0.3 is 0 Å². The molecule has 1 atom stereocenters. The summed E-state index contributed by atoms with van der Waals surface area (Å²) in [5, 5.41) is 2.95. The summed E-state index contributed by atoms with van der Waals surface area (Å²) in [4.78, 5) is 12.4. The van der Waals surface area contributed by atoms with Gasteiger partial charge in [0.1, 0.15) is 5.82 Å². The van der Waals surface area contributed by atoms with E-state index in [0.717, 1.165) is 36.5 Å². The smallest absolute Gasteiger partial charge is 0.253 e. The molecule has 1 aliphatic heterocycles. The summed E-state index contributed by atoms with van der Waals surface area (Å²) in [6.07, 6.45) is 2.17. The van der Waals surface area contributed by atoms with Gasteiger partial charge in [0.25, 0.3) is 5.91 Å². The summed E-state index contributed by atoms with van der Waals surface area (Å²) in [5.74, 6) is -0.368. The summed E-state index contributed by atoms with van der Waals surface area (Å²) in [6, 6.07) is 8.13. The largest absolute Gasteiger partial charge is 0.376 e. The summed E-state index contributed by atoms with van der Waals surface area (Å²) < 4.78 is 20.6. The molecule has 0 radical (unpaired) electrons. The van der Waals surface area contributed by atoms with E-state index in [2.05, 4.69) is 5.32 Å². The fourth-order valence-electron chi connectivity index (χ4n) is 3.09. The number of hydrogen-bond acceptors (Lipinski definition) is 2. The van der Waals surface area contributed by atoms with Crippen molar-refractivity contribution in [2.75, 3.05) is 13.2 Å². The molecule has 1 amide bonds. The van der Waals surface area contributed by atoms with E-state index in [-0.39, 0.29) is 17.8 Å². The quantitative estimate of drug-likeness (QED) is 0.941. The van der Waals surface area contributed by atoms with Crippen LogP contribution >= 0.6 is 0 Å². The van der Waals surface area contributed by atoms with Crippen LogP contribution in [0.3, 0.4) is 0 Å². The third kappa shape index (κ3) is 3.29. The van der Waals surface area contributed by atoms with Crippen LogP contribution in [0.4, 0.5) is 4.39 Å². The topological polar surface area (TPSA) is 43.3 Å². The van der Waals surface area contributed by atoms with Crippen LogP contribution in [-0.4, -0.2) is 29.7 Å². The minimum atomic E-state index is -0.272. The zero-order chi connectivity index (χ0) is 16.4. The van der Waals surface area contributed by atoms with E-state index in [0.29, 0.717) is 12.1 Å². The van der Waals surface area contributed by atoms with E-state index in [4.69, 9.17) is 4.74 Å². The van der Waals surface area contributed by atoms with Gasteiger partial charge in [0, 0.05) is 30.2 Å². The molecule has 3 rings (SSSR count). The Labute approximate surface area is 135 Å². The minimum absolute atomic E-state index is 0.0954. The molecule has 0 saturated carbocycles. The number of carbonyl (C=O) groups excluding carboxylic acids is 1. The van der Waals surface area contributed by atoms with Crippen molar-refractivity contribution in [2.24, 2.45) is 0 Å². The van der Waals surface area contributed by atoms with Crippen molar-refractivity contribution in [2.45, 2.75) is 32.8 Å². The van der Waals surface area contributed by atoms with Gasteiger partial charge < -0.3 is 14.6 Å². The van der Waals surface area contributed by atoms with E-state index >= 15 is 0 Å². The Balaban J connectivity index is 1.79. The van der Waals surface area contributed by atoms with E-state index in [1.807, 2.05) is 24.5 Å². The number of carbonyl (C=O) groups is 1. The average molecular weight is 316 g/mol. The van der Waals surface area contributed by atoms with Gasteiger partial charge in [0.2, 0.25) is 0 Å². The van der Waals surface area contributed by atoms with Gasteiger partial charge in [-0.2, -0.15) is 0 Å². The lowest BCUT2D eigenvalue weighted by atomic mass is 10.2. The van der Waals surface area contributed by atoms with Gasteiger partial charge in [-0.05, 0) is 57.0 Å². The fourth-order valence-corrected chi connectivity index (χ4v) is 3.09.